The molecule has 1 aliphatic heterocycles. The fraction of sp³-hybridized carbons (Fsp3) is 0.643. The van der Waals surface area contributed by atoms with Crippen molar-refractivity contribution in [1.82, 2.24) is 9.88 Å². The fourth-order valence-corrected chi connectivity index (χ4v) is 3.18. The van der Waals surface area contributed by atoms with Crippen LogP contribution in [0.4, 0.5) is 0 Å². The first-order valence-corrected chi connectivity index (χ1v) is 6.76. The maximum absolute atomic E-state index is 5.97. The van der Waals surface area contributed by atoms with Gasteiger partial charge in [-0.2, -0.15) is 0 Å². The van der Waals surface area contributed by atoms with Crippen molar-refractivity contribution >= 4 is 0 Å². The molecule has 2 atom stereocenters. The van der Waals surface area contributed by atoms with Gasteiger partial charge < -0.3 is 5.73 Å². The predicted octanol–water partition coefficient (Wildman–Crippen LogP) is 1.96. The van der Waals surface area contributed by atoms with Crippen LogP contribution in [0.3, 0.4) is 0 Å². The van der Waals surface area contributed by atoms with E-state index in [0.29, 0.717) is 12.0 Å². The van der Waals surface area contributed by atoms with Crippen LogP contribution in [0, 0.1) is 5.92 Å². The van der Waals surface area contributed by atoms with Crippen molar-refractivity contribution in [2.45, 2.75) is 37.8 Å². The van der Waals surface area contributed by atoms with Crippen LogP contribution in [0.15, 0.2) is 24.5 Å². The van der Waals surface area contributed by atoms with E-state index in [1.807, 2.05) is 18.5 Å². The minimum Gasteiger partial charge on any atom is -0.330 e. The molecule has 0 spiro atoms. The molecule has 92 valence electrons. The Bertz CT molecular complexity index is 361. The molecule has 1 aromatic heterocycles. The van der Waals surface area contributed by atoms with Crippen LogP contribution >= 0.6 is 0 Å². The first kappa shape index (κ1) is 11.2. The molecule has 0 radical (unpaired) electrons. The molecule has 3 rings (SSSR count). The van der Waals surface area contributed by atoms with Gasteiger partial charge in [-0.15, -0.1) is 0 Å². The molecule has 0 aromatic carbocycles. The molecule has 2 N–H and O–H groups in total. The molecule has 0 amide bonds. The number of aromatic nitrogens is 1. The van der Waals surface area contributed by atoms with Gasteiger partial charge in [-0.25, -0.2) is 0 Å². The third-order valence-corrected chi connectivity index (χ3v) is 4.14. The third kappa shape index (κ3) is 2.22. The average molecular weight is 231 g/mol. The number of likely N-dealkylation sites (tertiary alicyclic amines) is 1. The highest BCUT2D eigenvalue weighted by Gasteiger charge is 2.39. The van der Waals surface area contributed by atoms with Crippen molar-refractivity contribution in [3.63, 3.8) is 0 Å². The monoisotopic (exact) mass is 231 g/mol. The van der Waals surface area contributed by atoms with E-state index in [-0.39, 0.29) is 0 Å². The zero-order valence-electron chi connectivity index (χ0n) is 10.3. The fourth-order valence-electron chi connectivity index (χ4n) is 3.18. The van der Waals surface area contributed by atoms with Crippen molar-refractivity contribution in [2.75, 3.05) is 13.1 Å². The van der Waals surface area contributed by atoms with Crippen LogP contribution in [-0.4, -0.2) is 29.0 Å². The lowest BCUT2D eigenvalue weighted by Gasteiger charge is -2.41. The van der Waals surface area contributed by atoms with Crippen molar-refractivity contribution in [2.24, 2.45) is 11.7 Å². The smallest absolute Gasteiger partial charge is 0.0406 e. The standard InChI is InChI=1S/C14H21N3/c15-9-11-4-2-8-17(13-5-6-13)14(11)12-3-1-7-16-10-12/h1,3,7,10-11,13-14H,2,4-6,8-9,15H2/t11-,14+/m1/s1. The summed E-state index contributed by atoms with van der Waals surface area (Å²) in [5.41, 5.74) is 7.32. The van der Waals surface area contributed by atoms with Crippen LogP contribution in [-0.2, 0) is 0 Å². The first-order valence-electron chi connectivity index (χ1n) is 6.76. The normalized spacial score (nSPS) is 30.4. The summed E-state index contributed by atoms with van der Waals surface area (Å²) >= 11 is 0. The van der Waals surface area contributed by atoms with Gasteiger partial charge in [-0.05, 0) is 56.3 Å². The largest absolute Gasteiger partial charge is 0.330 e. The van der Waals surface area contributed by atoms with Crippen LogP contribution in [0.1, 0.15) is 37.3 Å². The average Bonchev–Trinajstić information content (AvgIpc) is 3.23. The summed E-state index contributed by atoms with van der Waals surface area (Å²) in [5.74, 6) is 0.605. The Balaban J connectivity index is 1.88. The molecule has 2 heterocycles. The summed E-state index contributed by atoms with van der Waals surface area (Å²) in [5, 5.41) is 0. The van der Waals surface area contributed by atoms with Crippen molar-refractivity contribution in [3.05, 3.63) is 30.1 Å². The molecule has 1 aliphatic carbocycles. The predicted molar refractivity (Wildman–Crippen MR) is 68.5 cm³/mol. The molecule has 0 unspecified atom stereocenters. The number of pyridine rings is 1. The molecule has 1 saturated heterocycles. The van der Waals surface area contributed by atoms with Gasteiger partial charge in [0, 0.05) is 24.5 Å². The molecule has 17 heavy (non-hydrogen) atoms. The first-order chi connectivity index (χ1) is 8.40. The lowest BCUT2D eigenvalue weighted by molar-refractivity contribution is 0.0877. The Labute approximate surface area is 103 Å². The Morgan fingerprint density at radius 2 is 2.24 bits per heavy atom. The molecular formula is C14H21N3. The van der Waals surface area contributed by atoms with E-state index in [0.717, 1.165) is 12.6 Å². The van der Waals surface area contributed by atoms with Gasteiger partial charge in [-0.1, -0.05) is 6.07 Å². The quantitative estimate of drug-likeness (QED) is 0.864. The lowest BCUT2D eigenvalue weighted by atomic mass is 9.85. The Morgan fingerprint density at radius 3 is 2.88 bits per heavy atom. The summed E-state index contributed by atoms with van der Waals surface area (Å²) in [6.07, 6.45) is 9.18. The third-order valence-electron chi connectivity index (χ3n) is 4.14. The van der Waals surface area contributed by atoms with Gasteiger partial charge in [0.1, 0.15) is 0 Å². The van der Waals surface area contributed by atoms with Crippen molar-refractivity contribution < 1.29 is 0 Å². The highest BCUT2D eigenvalue weighted by Crippen LogP contribution is 2.42. The number of hydrogen-bond acceptors (Lipinski definition) is 3. The maximum Gasteiger partial charge on any atom is 0.0406 e. The van der Waals surface area contributed by atoms with Crippen LogP contribution in [0.5, 0.6) is 0 Å². The van der Waals surface area contributed by atoms with Gasteiger partial charge in [0.15, 0.2) is 0 Å². The Hall–Kier alpha value is -0.930. The molecular weight excluding hydrogens is 210 g/mol. The summed E-state index contributed by atoms with van der Waals surface area (Å²) in [6.45, 7) is 2.03. The van der Waals surface area contributed by atoms with Crippen LogP contribution in [0.2, 0.25) is 0 Å². The van der Waals surface area contributed by atoms with Crippen molar-refractivity contribution in [1.29, 1.82) is 0 Å². The lowest BCUT2D eigenvalue weighted by Crippen LogP contribution is -2.42. The summed E-state index contributed by atoms with van der Waals surface area (Å²) in [4.78, 5) is 6.95. The van der Waals surface area contributed by atoms with E-state index < -0.39 is 0 Å². The second kappa shape index (κ2) is 4.75. The number of nitrogens with two attached hydrogens (primary N) is 1. The van der Waals surface area contributed by atoms with Crippen molar-refractivity contribution in [3.8, 4) is 0 Å². The van der Waals surface area contributed by atoms with E-state index in [1.54, 1.807) is 0 Å². The summed E-state index contributed by atoms with van der Waals surface area (Å²) in [7, 11) is 0. The maximum atomic E-state index is 5.97. The molecule has 3 heteroatoms. The van der Waals surface area contributed by atoms with Gasteiger partial charge in [0.05, 0.1) is 0 Å². The van der Waals surface area contributed by atoms with Gasteiger partial charge in [0.2, 0.25) is 0 Å². The highest BCUT2D eigenvalue weighted by atomic mass is 15.2. The Kier molecular flexibility index (Phi) is 3.12. The number of piperidine rings is 1. The number of nitrogens with zero attached hydrogens (tertiary/aromatic N) is 2. The molecule has 3 nitrogen and oxygen atoms in total. The van der Waals surface area contributed by atoms with Crippen LogP contribution in [0.25, 0.3) is 0 Å². The zero-order chi connectivity index (χ0) is 11.7. The van der Waals surface area contributed by atoms with Gasteiger partial charge in [0.25, 0.3) is 0 Å². The molecule has 2 fully saturated rings. The SMILES string of the molecule is NC[C@H]1CCCN(C2CC2)[C@@H]1c1cccnc1. The second-order valence-electron chi connectivity index (χ2n) is 5.34. The molecule has 2 aliphatic rings. The molecule has 0 bridgehead atoms. The minimum absolute atomic E-state index is 0.509. The van der Waals surface area contributed by atoms with Crippen LogP contribution < -0.4 is 5.73 Å². The highest BCUT2D eigenvalue weighted by molar-refractivity contribution is 5.17. The summed E-state index contributed by atoms with van der Waals surface area (Å²) < 4.78 is 0. The second-order valence-corrected chi connectivity index (χ2v) is 5.34. The number of rotatable bonds is 3. The zero-order valence-corrected chi connectivity index (χ0v) is 10.3. The molecule has 1 aromatic rings. The van der Waals surface area contributed by atoms with E-state index >= 15 is 0 Å². The van der Waals surface area contributed by atoms with E-state index in [2.05, 4.69) is 16.0 Å². The number of hydrogen-bond donors (Lipinski definition) is 1. The van der Waals surface area contributed by atoms with Gasteiger partial charge in [-0.3, -0.25) is 9.88 Å². The van der Waals surface area contributed by atoms with E-state index in [4.69, 9.17) is 5.73 Å². The minimum atomic E-state index is 0.509. The Morgan fingerprint density at radius 1 is 1.35 bits per heavy atom. The topological polar surface area (TPSA) is 42.1 Å². The van der Waals surface area contributed by atoms with E-state index in [9.17, 15) is 0 Å². The summed E-state index contributed by atoms with van der Waals surface area (Å²) in [6, 6.07) is 5.58. The van der Waals surface area contributed by atoms with Gasteiger partial charge >= 0.3 is 0 Å². The van der Waals surface area contributed by atoms with E-state index in [1.165, 1.54) is 37.8 Å². The molecule has 1 saturated carbocycles.